The van der Waals surface area contributed by atoms with E-state index >= 15 is 0 Å². The smallest absolute Gasteiger partial charge is 0.157 e. The molecule has 0 aliphatic rings. The minimum atomic E-state index is 0.481. The summed E-state index contributed by atoms with van der Waals surface area (Å²) in [7, 11) is 0. The summed E-state index contributed by atoms with van der Waals surface area (Å²) in [5.74, 6) is 5.47. The van der Waals surface area contributed by atoms with E-state index in [0.29, 0.717) is 11.3 Å². The Labute approximate surface area is 72.0 Å². The maximum Gasteiger partial charge on any atom is 0.157 e. The van der Waals surface area contributed by atoms with Crippen molar-refractivity contribution in [2.24, 2.45) is 5.90 Å². The SMILES string of the molecule is C=C/C(C=S)=C(/ON)C(=C)C. The summed E-state index contributed by atoms with van der Waals surface area (Å²) < 4.78 is 0. The highest BCUT2D eigenvalue weighted by Crippen LogP contribution is 2.11. The third-order valence-corrected chi connectivity index (χ3v) is 1.37. The zero-order valence-corrected chi connectivity index (χ0v) is 7.28. The Morgan fingerprint density at radius 1 is 1.64 bits per heavy atom. The van der Waals surface area contributed by atoms with Crippen LogP contribution in [0.4, 0.5) is 0 Å². The average Bonchev–Trinajstić information content (AvgIpc) is 1.99. The lowest BCUT2D eigenvalue weighted by Gasteiger charge is -2.05. The van der Waals surface area contributed by atoms with Gasteiger partial charge in [-0.3, -0.25) is 0 Å². The van der Waals surface area contributed by atoms with Crippen LogP contribution in [0.1, 0.15) is 6.92 Å². The average molecular weight is 169 g/mol. The van der Waals surface area contributed by atoms with Crippen LogP contribution in [0.15, 0.2) is 36.1 Å². The molecule has 0 aliphatic carbocycles. The predicted octanol–water partition coefficient (Wildman–Crippen LogP) is 1.89. The topological polar surface area (TPSA) is 35.2 Å². The number of nitrogens with two attached hydrogens (primary N) is 1. The Morgan fingerprint density at radius 3 is 2.27 bits per heavy atom. The maximum atomic E-state index is 4.99. The molecule has 2 nitrogen and oxygen atoms in total. The van der Waals surface area contributed by atoms with E-state index in [4.69, 9.17) is 18.1 Å². The minimum absolute atomic E-state index is 0.481. The Bertz CT molecular complexity index is 208. The number of thiocarbonyl (C=S) groups is 1. The van der Waals surface area contributed by atoms with E-state index in [-0.39, 0.29) is 0 Å². The van der Waals surface area contributed by atoms with E-state index in [0.717, 1.165) is 5.57 Å². The van der Waals surface area contributed by atoms with Crippen molar-refractivity contribution in [3.63, 3.8) is 0 Å². The second-order valence-electron chi connectivity index (χ2n) is 2.00. The van der Waals surface area contributed by atoms with Gasteiger partial charge in [0.05, 0.1) is 0 Å². The largest absolute Gasteiger partial charge is 0.411 e. The molecule has 0 aromatic heterocycles. The summed E-state index contributed by atoms with van der Waals surface area (Å²) >= 11 is 4.70. The van der Waals surface area contributed by atoms with E-state index in [2.05, 4.69) is 18.0 Å². The number of rotatable bonds is 4. The molecule has 0 aliphatic heterocycles. The molecule has 0 amide bonds. The minimum Gasteiger partial charge on any atom is -0.411 e. The molecule has 0 aromatic rings. The second-order valence-corrected chi connectivity index (χ2v) is 2.24. The van der Waals surface area contributed by atoms with E-state index in [9.17, 15) is 0 Å². The van der Waals surface area contributed by atoms with E-state index < -0.39 is 0 Å². The van der Waals surface area contributed by atoms with Gasteiger partial charge in [-0.15, -0.1) is 0 Å². The van der Waals surface area contributed by atoms with Crippen LogP contribution >= 0.6 is 12.2 Å². The molecule has 0 atom stereocenters. The molecule has 0 saturated heterocycles. The highest BCUT2D eigenvalue weighted by molar-refractivity contribution is 7.79. The van der Waals surface area contributed by atoms with Gasteiger partial charge in [-0.2, -0.15) is 5.90 Å². The maximum absolute atomic E-state index is 4.99. The number of hydrogen-bond acceptors (Lipinski definition) is 3. The molecule has 0 saturated carbocycles. The fraction of sp³-hybridized carbons (Fsp3) is 0.125. The lowest BCUT2D eigenvalue weighted by atomic mass is 10.2. The van der Waals surface area contributed by atoms with Crippen molar-refractivity contribution in [3.05, 3.63) is 36.1 Å². The van der Waals surface area contributed by atoms with Crippen LogP contribution in [0.5, 0.6) is 0 Å². The molecule has 0 heterocycles. The van der Waals surface area contributed by atoms with Crippen LogP contribution in [0.25, 0.3) is 0 Å². The first kappa shape index (κ1) is 10.1. The third-order valence-electron chi connectivity index (χ3n) is 1.11. The molecule has 0 spiro atoms. The number of allylic oxidation sites excluding steroid dienone is 3. The highest BCUT2D eigenvalue weighted by Gasteiger charge is 2.02. The van der Waals surface area contributed by atoms with Crippen LogP contribution in [0.3, 0.4) is 0 Å². The molecule has 0 unspecified atom stereocenters. The Hall–Kier alpha value is -0.930. The van der Waals surface area contributed by atoms with Crippen LogP contribution in [-0.2, 0) is 4.84 Å². The van der Waals surface area contributed by atoms with Gasteiger partial charge in [0.1, 0.15) is 0 Å². The molecular weight excluding hydrogens is 158 g/mol. The molecule has 0 aromatic carbocycles. The fourth-order valence-corrected chi connectivity index (χ4v) is 0.813. The summed E-state index contributed by atoms with van der Waals surface area (Å²) in [5.41, 5.74) is 1.40. The van der Waals surface area contributed by atoms with Crippen molar-refractivity contribution in [1.29, 1.82) is 0 Å². The lowest BCUT2D eigenvalue weighted by molar-refractivity contribution is 0.228. The van der Waals surface area contributed by atoms with Gasteiger partial charge in [0.25, 0.3) is 0 Å². The first-order valence-electron chi connectivity index (χ1n) is 3.01. The monoisotopic (exact) mass is 169 g/mol. The van der Waals surface area contributed by atoms with Gasteiger partial charge in [0.2, 0.25) is 0 Å². The van der Waals surface area contributed by atoms with Crippen LogP contribution in [0, 0.1) is 0 Å². The quantitative estimate of drug-likeness (QED) is 0.229. The Kier molecular flexibility index (Phi) is 4.41. The summed E-state index contributed by atoms with van der Waals surface area (Å²) in [6, 6.07) is 0. The van der Waals surface area contributed by atoms with Crippen molar-refractivity contribution < 1.29 is 4.84 Å². The molecular formula is C8H11NOS. The van der Waals surface area contributed by atoms with E-state index in [1.54, 1.807) is 13.0 Å². The van der Waals surface area contributed by atoms with Crippen LogP contribution in [-0.4, -0.2) is 5.37 Å². The Morgan fingerprint density at radius 2 is 2.18 bits per heavy atom. The molecule has 0 fully saturated rings. The highest BCUT2D eigenvalue weighted by atomic mass is 32.1. The fourth-order valence-electron chi connectivity index (χ4n) is 0.609. The summed E-state index contributed by atoms with van der Waals surface area (Å²) in [5, 5.41) is 1.45. The van der Waals surface area contributed by atoms with Gasteiger partial charge in [-0.1, -0.05) is 31.5 Å². The summed E-state index contributed by atoms with van der Waals surface area (Å²) in [6.45, 7) is 9.00. The zero-order chi connectivity index (χ0) is 8.85. The normalized spacial score (nSPS) is 11.5. The first-order valence-corrected chi connectivity index (χ1v) is 3.49. The second kappa shape index (κ2) is 4.82. The van der Waals surface area contributed by atoms with Gasteiger partial charge in [-0.05, 0) is 12.5 Å². The standard InChI is InChI=1S/C8H11NOS/c1-4-7(5-11)8(10-9)6(2)3/h4-5H,1-2,9H2,3H3/b8-7-. The van der Waals surface area contributed by atoms with Crippen molar-refractivity contribution in [1.82, 2.24) is 0 Å². The van der Waals surface area contributed by atoms with Gasteiger partial charge in [-0.25, -0.2) is 0 Å². The number of hydrogen-bond donors (Lipinski definition) is 1. The van der Waals surface area contributed by atoms with Gasteiger partial charge < -0.3 is 4.84 Å². The van der Waals surface area contributed by atoms with E-state index in [1.165, 1.54) is 5.37 Å². The Balaban J connectivity index is 4.92. The van der Waals surface area contributed by atoms with E-state index in [1.807, 2.05) is 0 Å². The predicted molar refractivity (Wildman–Crippen MR) is 51.0 cm³/mol. The molecule has 0 radical (unpaired) electrons. The zero-order valence-electron chi connectivity index (χ0n) is 6.46. The van der Waals surface area contributed by atoms with Gasteiger partial charge in [0, 0.05) is 10.9 Å². The molecule has 0 rings (SSSR count). The molecule has 60 valence electrons. The van der Waals surface area contributed by atoms with Crippen molar-refractivity contribution in [2.75, 3.05) is 0 Å². The van der Waals surface area contributed by atoms with Gasteiger partial charge in [0.15, 0.2) is 5.76 Å². The van der Waals surface area contributed by atoms with Gasteiger partial charge >= 0.3 is 0 Å². The van der Waals surface area contributed by atoms with Crippen molar-refractivity contribution in [2.45, 2.75) is 6.92 Å². The summed E-state index contributed by atoms with van der Waals surface area (Å²) in [6.07, 6.45) is 1.57. The molecule has 11 heavy (non-hydrogen) atoms. The molecule has 0 bridgehead atoms. The van der Waals surface area contributed by atoms with Crippen molar-refractivity contribution >= 4 is 17.6 Å². The van der Waals surface area contributed by atoms with Crippen molar-refractivity contribution in [3.8, 4) is 0 Å². The molecule has 3 heteroatoms. The van der Waals surface area contributed by atoms with Crippen LogP contribution < -0.4 is 5.90 Å². The van der Waals surface area contributed by atoms with Crippen LogP contribution in [0.2, 0.25) is 0 Å². The first-order chi connectivity index (χ1) is 5.17. The summed E-state index contributed by atoms with van der Waals surface area (Å²) in [4.78, 5) is 4.57. The molecule has 2 N–H and O–H groups in total. The lowest BCUT2D eigenvalue weighted by Crippen LogP contribution is -2.03. The third kappa shape index (κ3) is 2.65.